The summed E-state index contributed by atoms with van der Waals surface area (Å²) in [6.45, 7) is 8.04. The summed E-state index contributed by atoms with van der Waals surface area (Å²) in [7, 11) is 0. The molecule has 0 bridgehead atoms. The van der Waals surface area contributed by atoms with Crippen molar-refractivity contribution in [1.29, 1.82) is 0 Å². The molecule has 0 amide bonds. The van der Waals surface area contributed by atoms with E-state index in [0.717, 1.165) is 19.6 Å². The minimum absolute atomic E-state index is 0.283. The minimum atomic E-state index is 0.283. The van der Waals surface area contributed by atoms with Crippen LogP contribution in [0.3, 0.4) is 0 Å². The van der Waals surface area contributed by atoms with E-state index in [4.69, 9.17) is 9.47 Å². The number of hydrogen-bond acceptors (Lipinski definition) is 2. The largest absolute Gasteiger partial charge is 0.373 e. The van der Waals surface area contributed by atoms with Crippen molar-refractivity contribution >= 4 is 0 Å². The summed E-state index contributed by atoms with van der Waals surface area (Å²) in [6, 6.07) is 0. The molecular formula is C9H18O2. The monoisotopic (exact) mass is 158 g/mol. The first kappa shape index (κ1) is 9.01. The summed E-state index contributed by atoms with van der Waals surface area (Å²) < 4.78 is 11.0. The Labute approximate surface area is 68.9 Å². The molecule has 2 heteroatoms. The normalized spacial score (nSPS) is 32.7. The molecular weight excluding hydrogens is 140 g/mol. The quantitative estimate of drug-likeness (QED) is 0.610. The summed E-state index contributed by atoms with van der Waals surface area (Å²) >= 11 is 0. The second-order valence-electron chi connectivity index (χ2n) is 3.61. The van der Waals surface area contributed by atoms with Gasteiger partial charge in [-0.2, -0.15) is 0 Å². The second kappa shape index (κ2) is 4.07. The topological polar surface area (TPSA) is 18.5 Å². The van der Waals surface area contributed by atoms with E-state index in [-0.39, 0.29) is 6.10 Å². The lowest BCUT2D eigenvalue weighted by Gasteiger charge is -2.30. The fourth-order valence-corrected chi connectivity index (χ4v) is 1.40. The van der Waals surface area contributed by atoms with Crippen LogP contribution in [-0.4, -0.2) is 25.4 Å². The van der Waals surface area contributed by atoms with Crippen molar-refractivity contribution in [2.24, 2.45) is 5.92 Å². The van der Waals surface area contributed by atoms with E-state index in [2.05, 4.69) is 20.8 Å². The van der Waals surface area contributed by atoms with Crippen LogP contribution in [0.4, 0.5) is 0 Å². The Balaban J connectivity index is 2.29. The van der Waals surface area contributed by atoms with Crippen LogP contribution in [0.15, 0.2) is 0 Å². The summed E-state index contributed by atoms with van der Waals surface area (Å²) in [6.07, 6.45) is 1.72. The predicted molar refractivity (Wildman–Crippen MR) is 44.6 cm³/mol. The van der Waals surface area contributed by atoms with Crippen LogP contribution in [0.2, 0.25) is 0 Å². The Hall–Kier alpha value is -0.0800. The molecule has 0 saturated carbocycles. The molecule has 1 fully saturated rings. The number of hydrogen-bond donors (Lipinski definition) is 0. The maximum absolute atomic E-state index is 5.58. The van der Waals surface area contributed by atoms with Crippen molar-refractivity contribution in [3.63, 3.8) is 0 Å². The molecule has 11 heavy (non-hydrogen) atoms. The van der Waals surface area contributed by atoms with E-state index in [1.807, 2.05) is 0 Å². The van der Waals surface area contributed by atoms with Crippen LogP contribution >= 0.6 is 0 Å². The van der Waals surface area contributed by atoms with Crippen LogP contribution in [0.5, 0.6) is 0 Å². The molecule has 1 rings (SSSR count). The lowest BCUT2D eigenvalue weighted by molar-refractivity contribution is -0.137. The Bertz CT molecular complexity index is 112. The van der Waals surface area contributed by atoms with Gasteiger partial charge in [-0.05, 0) is 19.3 Å². The molecule has 66 valence electrons. The van der Waals surface area contributed by atoms with Crippen LogP contribution in [0, 0.1) is 5.92 Å². The lowest BCUT2D eigenvalue weighted by atomic mass is 10.0. The molecule has 0 radical (unpaired) electrons. The standard InChI is InChI=1S/C9H18O2/c1-7(2)6-9-8(3)10-4-5-11-9/h7-9H,4-6H2,1-3H3. The first-order valence-corrected chi connectivity index (χ1v) is 4.43. The molecule has 1 aliphatic heterocycles. The third kappa shape index (κ3) is 2.80. The fourth-order valence-electron chi connectivity index (χ4n) is 1.40. The Morgan fingerprint density at radius 1 is 1.27 bits per heavy atom. The molecule has 1 aliphatic rings. The van der Waals surface area contributed by atoms with E-state index >= 15 is 0 Å². The van der Waals surface area contributed by atoms with E-state index in [0.29, 0.717) is 12.0 Å². The van der Waals surface area contributed by atoms with Gasteiger partial charge in [-0.15, -0.1) is 0 Å². The second-order valence-corrected chi connectivity index (χ2v) is 3.61. The molecule has 0 aromatic carbocycles. The van der Waals surface area contributed by atoms with Gasteiger partial charge in [0.15, 0.2) is 0 Å². The molecule has 0 aromatic rings. The maximum atomic E-state index is 5.58. The van der Waals surface area contributed by atoms with Gasteiger partial charge in [0, 0.05) is 0 Å². The van der Waals surface area contributed by atoms with Gasteiger partial charge < -0.3 is 9.47 Å². The van der Waals surface area contributed by atoms with Gasteiger partial charge in [-0.25, -0.2) is 0 Å². The zero-order chi connectivity index (χ0) is 8.27. The number of rotatable bonds is 2. The Morgan fingerprint density at radius 3 is 2.45 bits per heavy atom. The summed E-state index contributed by atoms with van der Waals surface area (Å²) in [5, 5.41) is 0. The first-order valence-electron chi connectivity index (χ1n) is 4.43. The zero-order valence-electron chi connectivity index (χ0n) is 7.67. The van der Waals surface area contributed by atoms with Crippen LogP contribution < -0.4 is 0 Å². The van der Waals surface area contributed by atoms with Crippen molar-refractivity contribution < 1.29 is 9.47 Å². The van der Waals surface area contributed by atoms with Crippen molar-refractivity contribution in [2.45, 2.75) is 39.4 Å². The lowest BCUT2D eigenvalue weighted by Crippen LogP contribution is -2.37. The Morgan fingerprint density at radius 2 is 1.91 bits per heavy atom. The minimum Gasteiger partial charge on any atom is -0.373 e. The highest BCUT2D eigenvalue weighted by molar-refractivity contribution is 4.70. The smallest absolute Gasteiger partial charge is 0.0837 e. The molecule has 1 heterocycles. The fraction of sp³-hybridized carbons (Fsp3) is 1.00. The van der Waals surface area contributed by atoms with Crippen molar-refractivity contribution in [2.75, 3.05) is 13.2 Å². The Kier molecular flexibility index (Phi) is 3.34. The molecule has 0 aromatic heterocycles. The van der Waals surface area contributed by atoms with Gasteiger partial charge in [-0.3, -0.25) is 0 Å². The maximum Gasteiger partial charge on any atom is 0.0837 e. The summed E-state index contributed by atoms with van der Waals surface area (Å²) in [5.74, 6) is 0.698. The van der Waals surface area contributed by atoms with Crippen molar-refractivity contribution in [1.82, 2.24) is 0 Å². The van der Waals surface area contributed by atoms with Crippen molar-refractivity contribution in [3.8, 4) is 0 Å². The van der Waals surface area contributed by atoms with Gasteiger partial charge in [-0.1, -0.05) is 13.8 Å². The van der Waals surface area contributed by atoms with Crippen LogP contribution in [-0.2, 0) is 9.47 Å². The summed E-state index contributed by atoms with van der Waals surface area (Å²) in [4.78, 5) is 0. The molecule has 2 unspecified atom stereocenters. The van der Waals surface area contributed by atoms with Gasteiger partial charge in [0.1, 0.15) is 0 Å². The molecule has 0 spiro atoms. The van der Waals surface area contributed by atoms with Gasteiger partial charge >= 0.3 is 0 Å². The van der Waals surface area contributed by atoms with E-state index < -0.39 is 0 Å². The zero-order valence-corrected chi connectivity index (χ0v) is 7.67. The summed E-state index contributed by atoms with van der Waals surface area (Å²) in [5.41, 5.74) is 0. The van der Waals surface area contributed by atoms with E-state index in [1.165, 1.54) is 0 Å². The van der Waals surface area contributed by atoms with E-state index in [1.54, 1.807) is 0 Å². The highest BCUT2D eigenvalue weighted by atomic mass is 16.6. The van der Waals surface area contributed by atoms with Crippen LogP contribution in [0.1, 0.15) is 27.2 Å². The molecule has 0 N–H and O–H groups in total. The average Bonchev–Trinajstić information content (AvgIpc) is 1.93. The van der Waals surface area contributed by atoms with E-state index in [9.17, 15) is 0 Å². The average molecular weight is 158 g/mol. The van der Waals surface area contributed by atoms with Gasteiger partial charge in [0.25, 0.3) is 0 Å². The number of ether oxygens (including phenoxy) is 2. The molecule has 2 atom stereocenters. The third-order valence-corrected chi connectivity index (χ3v) is 2.02. The molecule has 1 saturated heterocycles. The first-order chi connectivity index (χ1) is 5.20. The van der Waals surface area contributed by atoms with Crippen molar-refractivity contribution in [3.05, 3.63) is 0 Å². The molecule has 2 nitrogen and oxygen atoms in total. The SMILES string of the molecule is CC(C)CC1OCCOC1C. The van der Waals surface area contributed by atoms with Gasteiger partial charge in [0.2, 0.25) is 0 Å². The predicted octanol–water partition coefficient (Wildman–Crippen LogP) is 1.84. The van der Waals surface area contributed by atoms with Crippen LogP contribution in [0.25, 0.3) is 0 Å². The third-order valence-electron chi connectivity index (χ3n) is 2.02. The molecule has 0 aliphatic carbocycles. The highest BCUT2D eigenvalue weighted by Gasteiger charge is 2.23. The highest BCUT2D eigenvalue weighted by Crippen LogP contribution is 2.17. The van der Waals surface area contributed by atoms with Gasteiger partial charge in [0.05, 0.1) is 25.4 Å².